The molecule has 9 nitrogen and oxygen atoms in total. The number of ether oxygens (including phenoxy) is 1. The fourth-order valence-corrected chi connectivity index (χ4v) is 6.62. The van der Waals surface area contributed by atoms with E-state index in [4.69, 9.17) is 9.72 Å². The van der Waals surface area contributed by atoms with Gasteiger partial charge in [0.2, 0.25) is 5.91 Å². The van der Waals surface area contributed by atoms with E-state index in [2.05, 4.69) is 20.1 Å². The molecular weight excluding hydrogens is 488 g/mol. The number of amides is 1. The lowest BCUT2D eigenvalue weighted by Gasteiger charge is -2.37. The highest BCUT2D eigenvalue weighted by Crippen LogP contribution is 2.53. The normalized spacial score (nSPS) is 20.5. The average Bonchev–Trinajstić information content (AvgIpc) is 3.53. The van der Waals surface area contributed by atoms with Crippen LogP contribution in [-0.2, 0) is 16.1 Å². The van der Waals surface area contributed by atoms with E-state index in [0.29, 0.717) is 24.6 Å². The number of thioether (sulfide) groups is 1. The van der Waals surface area contributed by atoms with Gasteiger partial charge < -0.3 is 24.3 Å². The lowest BCUT2D eigenvalue weighted by Crippen LogP contribution is -2.49. The Morgan fingerprint density at radius 1 is 1.05 bits per heavy atom. The Labute approximate surface area is 217 Å². The van der Waals surface area contributed by atoms with Crippen molar-refractivity contribution in [3.05, 3.63) is 78.2 Å². The van der Waals surface area contributed by atoms with Crippen molar-refractivity contribution in [3.63, 3.8) is 0 Å². The Hall–Kier alpha value is -3.89. The third kappa shape index (κ3) is 3.75. The van der Waals surface area contributed by atoms with Crippen LogP contribution in [0.4, 0.5) is 17.3 Å². The topological polar surface area (TPSA) is 92.1 Å². The van der Waals surface area contributed by atoms with Gasteiger partial charge in [-0.2, -0.15) is 0 Å². The number of hydrogen-bond acceptors (Lipinski definition) is 8. The van der Waals surface area contributed by atoms with Gasteiger partial charge in [-0.3, -0.25) is 9.59 Å². The summed E-state index contributed by atoms with van der Waals surface area (Å²) in [5.41, 5.74) is 2.98. The van der Waals surface area contributed by atoms with Gasteiger partial charge >= 0.3 is 0 Å². The maximum Gasteiger partial charge on any atom is 0.234 e. The van der Waals surface area contributed by atoms with Crippen LogP contribution in [-0.4, -0.2) is 57.7 Å². The summed E-state index contributed by atoms with van der Waals surface area (Å²) in [7, 11) is 0. The molecule has 37 heavy (non-hydrogen) atoms. The van der Waals surface area contributed by atoms with Crippen LogP contribution in [0.25, 0.3) is 5.65 Å². The zero-order valence-corrected chi connectivity index (χ0v) is 20.7. The minimum atomic E-state index is -0.877. The van der Waals surface area contributed by atoms with Crippen molar-refractivity contribution < 1.29 is 14.3 Å². The van der Waals surface area contributed by atoms with Crippen molar-refractivity contribution in [3.8, 4) is 0 Å². The second kappa shape index (κ2) is 8.89. The Balaban J connectivity index is 1.22. The zero-order valence-electron chi connectivity index (χ0n) is 19.9. The van der Waals surface area contributed by atoms with Crippen LogP contribution in [0.1, 0.15) is 16.1 Å². The molecule has 10 heteroatoms. The van der Waals surface area contributed by atoms with E-state index in [1.54, 1.807) is 11.8 Å². The second-order valence-electron chi connectivity index (χ2n) is 9.24. The predicted molar refractivity (Wildman–Crippen MR) is 140 cm³/mol. The van der Waals surface area contributed by atoms with Gasteiger partial charge in [0.1, 0.15) is 28.6 Å². The van der Waals surface area contributed by atoms with Crippen molar-refractivity contribution in [1.82, 2.24) is 19.7 Å². The van der Waals surface area contributed by atoms with Gasteiger partial charge in [-0.1, -0.05) is 30.0 Å². The summed E-state index contributed by atoms with van der Waals surface area (Å²) in [4.78, 5) is 42.2. The Morgan fingerprint density at radius 2 is 1.89 bits per heavy atom. The molecule has 0 saturated carbocycles. The number of aromatic nitrogens is 3. The first kappa shape index (κ1) is 22.3. The van der Waals surface area contributed by atoms with Crippen LogP contribution in [0.2, 0.25) is 0 Å². The minimum absolute atomic E-state index is 0.204. The van der Waals surface area contributed by atoms with E-state index in [1.807, 2.05) is 71.4 Å². The van der Waals surface area contributed by atoms with Crippen LogP contribution in [0.15, 0.2) is 71.9 Å². The zero-order chi connectivity index (χ0) is 24.9. The van der Waals surface area contributed by atoms with E-state index in [9.17, 15) is 9.59 Å². The minimum Gasteiger partial charge on any atom is -0.378 e. The number of imidazole rings is 1. The van der Waals surface area contributed by atoms with Gasteiger partial charge in [-0.25, -0.2) is 9.97 Å². The number of benzene rings is 1. The van der Waals surface area contributed by atoms with Crippen molar-refractivity contribution in [2.75, 3.05) is 36.1 Å². The quantitative estimate of drug-likeness (QED) is 0.417. The molecule has 4 aromatic rings. The number of nitrogens with zero attached hydrogens (tertiary/aromatic N) is 5. The number of morpholine rings is 1. The summed E-state index contributed by atoms with van der Waals surface area (Å²) >= 11 is 1.54. The van der Waals surface area contributed by atoms with Crippen molar-refractivity contribution >= 4 is 46.4 Å². The summed E-state index contributed by atoms with van der Waals surface area (Å²) in [6.45, 7) is 3.05. The average molecular weight is 513 g/mol. The highest BCUT2D eigenvalue weighted by molar-refractivity contribution is 8.00. The predicted octanol–water partition coefficient (Wildman–Crippen LogP) is 3.26. The van der Waals surface area contributed by atoms with E-state index in [1.165, 1.54) is 0 Å². The molecular formula is C27H24N6O3S. The lowest BCUT2D eigenvalue weighted by molar-refractivity contribution is -0.123. The summed E-state index contributed by atoms with van der Waals surface area (Å²) in [6, 6.07) is 17.5. The Morgan fingerprint density at radius 3 is 2.76 bits per heavy atom. The molecule has 3 aliphatic rings. The van der Waals surface area contributed by atoms with Crippen LogP contribution in [0.5, 0.6) is 0 Å². The number of fused-ring (bicyclic) bond motifs is 6. The molecule has 0 spiro atoms. The summed E-state index contributed by atoms with van der Waals surface area (Å²) in [5, 5.41) is 2.56. The maximum absolute atomic E-state index is 13.8. The van der Waals surface area contributed by atoms with Crippen LogP contribution >= 0.6 is 11.8 Å². The molecule has 1 fully saturated rings. The molecule has 186 valence electrons. The van der Waals surface area contributed by atoms with E-state index < -0.39 is 11.3 Å². The van der Waals surface area contributed by atoms with Crippen LogP contribution in [0.3, 0.4) is 0 Å². The third-order valence-electron chi connectivity index (χ3n) is 7.02. The fourth-order valence-electron chi connectivity index (χ4n) is 5.22. The molecule has 6 heterocycles. The number of ketones is 1. The summed E-state index contributed by atoms with van der Waals surface area (Å²) in [6.07, 6.45) is 3.80. The molecule has 1 N–H and O–H groups in total. The first-order valence-corrected chi connectivity index (χ1v) is 13.2. The van der Waals surface area contributed by atoms with Gasteiger partial charge in [-0.15, -0.1) is 0 Å². The summed E-state index contributed by atoms with van der Waals surface area (Å²) < 4.78 is 7.40. The highest BCUT2D eigenvalue weighted by Gasteiger charge is 2.50. The number of para-hydroxylation sites is 1. The first-order chi connectivity index (χ1) is 18.2. The van der Waals surface area contributed by atoms with E-state index in [-0.39, 0.29) is 18.2 Å². The standard InChI is InChI=1S/C27H24N6O3S/c34-24-18-8-9-22(31-11-13-36-14-12-31)30-25(18)33-19-5-1-2-6-20(19)37-27(33)23(24)26(35)28-15-17-16-32-10-4-3-7-21(32)29-17/h1-10,16,23,27H,11-15H2,(H,28,35). The van der Waals surface area contributed by atoms with Crippen molar-refractivity contribution in [2.45, 2.75) is 16.8 Å². The Kier molecular flexibility index (Phi) is 5.37. The fraction of sp³-hybridized carbons (Fsp3) is 0.259. The SMILES string of the molecule is O=C(NCc1cn2ccccc2n1)C1C(=O)c2ccc(N3CCOCC3)nc2N2c3ccccc3SC12. The van der Waals surface area contributed by atoms with Crippen LogP contribution in [0, 0.1) is 5.92 Å². The maximum atomic E-state index is 13.8. The number of hydrogen-bond donors (Lipinski definition) is 1. The second-order valence-corrected chi connectivity index (χ2v) is 10.4. The molecule has 2 atom stereocenters. The summed E-state index contributed by atoms with van der Waals surface area (Å²) in [5.74, 6) is 0.0434. The van der Waals surface area contributed by atoms with E-state index in [0.717, 1.165) is 40.8 Å². The molecule has 7 rings (SSSR count). The highest BCUT2D eigenvalue weighted by atomic mass is 32.2. The number of nitrogens with one attached hydrogen (secondary N) is 1. The molecule has 3 aromatic heterocycles. The van der Waals surface area contributed by atoms with Gasteiger partial charge in [0.15, 0.2) is 5.78 Å². The van der Waals surface area contributed by atoms with Gasteiger partial charge in [-0.05, 0) is 36.4 Å². The van der Waals surface area contributed by atoms with Crippen molar-refractivity contribution in [2.24, 2.45) is 5.92 Å². The molecule has 1 aromatic carbocycles. The monoisotopic (exact) mass is 512 g/mol. The van der Waals surface area contributed by atoms with Crippen LogP contribution < -0.4 is 15.1 Å². The number of rotatable bonds is 4. The molecule has 0 bridgehead atoms. The molecule has 0 aliphatic carbocycles. The van der Waals surface area contributed by atoms with E-state index >= 15 is 0 Å². The van der Waals surface area contributed by atoms with Gasteiger partial charge in [0.25, 0.3) is 0 Å². The lowest BCUT2D eigenvalue weighted by atomic mass is 9.91. The van der Waals surface area contributed by atoms with Gasteiger partial charge in [0.05, 0.1) is 36.7 Å². The van der Waals surface area contributed by atoms with Gasteiger partial charge in [0, 0.05) is 30.4 Å². The third-order valence-corrected chi connectivity index (χ3v) is 8.35. The Bertz CT molecular complexity index is 1500. The smallest absolute Gasteiger partial charge is 0.234 e. The van der Waals surface area contributed by atoms with Crippen molar-refractivity contribution in [1.29, 1.82) is 0 Å². The number of carbonyl (C=O) groups is 2. The first-order valence-electron chi connectivity index (χ1n) is 12.3. The molecule has 0 radical (unpaired) electrons. The largest absolute Gasteiger partial charge is 0.378 e. The number of anilines is 3. The number of pyridine rings is 2. The number of carbonyl (C=O) groups excluding carboxylic acids is 2. The molecule has 3 aliphatic heterocycles. The molecule has 1 saturated heterocycles. The molecule has 1 amide bonds. The molecule has 2 unspecified atom stereocenters. The number of Topliss-reactive ketones (excluding diaryl/α,β-unsaturated/α-hetero) is 1.